The number of anilines is 2. The third-order valence-electron chi connectivity index (χ3n) is 3.07. The molecule has 21 heavy (non-hydrogen) atoms. The number of nitrogens with zero attached hydrogens (tertiary/aromatic N) is 4. The molecule has 0 aromatic carbocycles. The van der Waals surface area contributed by atoms with Gasteiger partial charge in [-0.1, -0.05) is 6.07 Å². The number of pyridine rings is 2. The van der Waals surface area contributed by atoms with E-state index in [1.807, 2.05) is 12.1 Å². The van der Waals surface area contributed by atoms with Crippen molar-refractivity contribution in [2.75, 3.05) is 11.5 Å². The molecule has 0 aliphatic heterocycles. The molecule has 0 bridgehead atoms. The summed E-state index contributed by atoms with van der Waals surface area (Å²) in [5, 5.41) is 19.1. The highest BCUT2D eigenvalue weighted by molar-refractivity contribution is 7.20. The Morgan fingerprint density at radius 2 is 2.00 bits per heavy atom. The van der Waals surface area contributed by atoms with Crippen LogP contribution in [0.2, 0.25) is 0 Å². The van der Waals surface area contributed by atoms with Gasteiger partial charge in [-0.05, 0) is 6.07 Å². The lowest BCUT2D eigenvalue weighted by Gasteiger charge is -2.08. The van der Waals surface area contributed by atoms with Gasteiger partial charge >= 0.3 is 0 Å². The maximum Gasteiger partial charge on any atom is 0.143 e. The molecule has 0 saturated carbocycles. The van der Waals surface area contributed by atoms with E-state index in [0.29, 0.717) is 31.9 Å². The Kier molecular flexibility index (Phi) is 2.90. The topological polar surface area (TPSA) is 125 Å². The number of hydrogen-bond donors (Lipinski definition) is 2. The summed E-state index contributed by atoms with van der Waals surface area (Å²) in [7, 11) is 0. The summed E-state index contributed by atoms with van der Waals surface area (Å²) in [6.07, 6.45) is 3.26. The maximum atomic E-state index is 9.38. The fourth-order valence-electron chi connectivity index (χ4n) is 2.17. The van der Waals surface area contributed by atoms with Crippen LogP contribution in [0.15, 0.2) is 24.5 Å². The molecule has 0 amide bonds. The smallest absolute Gasteiger partial charge is 0.143 e. The summed E-state index contributed by atoms with van der Waals surface area (Å²) in [5.74, 6) is 0.120. The molecule has 3 aromatic heterocycles. The van der Waals surface area contributed by atoms with Crippen LogP contribution in [-0.4, -0.2) is 9.97 Å². The molecule has 4 N–H and O–H groups in total. The van der Waals surface area contributed by atoms with E-state index in [2.05, 4.69) is 16.0 Å². The standard InChI is InChI=1S/C14H8N6S/c15-4-8-10(7-2-1-3-19-6-7)11-12(17)9(5-16)21-14(11)20-13(8)18/h1-3,6H,17H2,(H2,18,20). The number of nitriles is 2. The zero-order chi connectivity index (χ0) is 15.0. The van der Waals surface area contributed by atoms with Gasteiger partial charge in [0.2, 0.25) is 0 Å². The van der Waals surface area contributed by atoms with Gasteiger partial charge in [-0.3, -0.25) is 4.98 Å². The molecule has 3 rings (SSSR count). The van der Waals surface area contributed by atoms with Crippen LogP contribution >= 0.6 is 11.3 Å². The molecule has 0 unspecified atom stereocenters. The van der Waals surface area contributed by atoms with E-state index < -0.39 is 0 Å². The zero-order valence-corrected chi connectivity index (χ0v) is 11.5. The second-order valence-corrected chi connectivity index (χ2v) is 5.24. The minimum Gasteiger partial charge on any atom is -0.396 e. The Bertz CT molecular complexity index is 930. The molecule has 0 saturated heterocycles. The third kappa shape index (κ3) is 1.84. The number of fused-ring (bicyclic) bond motifs is 1. The first kappa shape index (κ1) is 12.9. The fraction of sp³-hybridized carbons (Fsp3) is 0. The number of rotatable bonds is 1. The summed E-state index contributed by atoms with van der Waals surface area (Å²) < 4.78 is 0. The van der Waals surface area contributed by atoms with Gasteiger partial charge in [0.1, 0.15) is 33.2 Å². The van der Waals surface area contributed by atoms with E-state index in [4.69, 9.17) is 16.7 Å². The van der Waals surface area contributed by atoms with Gasteiger partial charge in [-0.25, -0.2) is 4.98 Å². The van der Waals surface area contributed by atoms with Crippen LogP contribution < -0.4 is 11.5 Å². The van der Waals surface area contributed by atoms with Crippen molar-refractivity contribution in [3.63, 3.8) is 0 Å². The van der Waals surface area contributed by atoms with Crippen molar-refractivity contribution in [3.8, 4) is 23.3 Å². The number of nitrogen functional groups attached to an aromatic ring is 2. The average Bonchev–Trinajstić information content (AvgIpc) is 2.82. The summed E-state index contributed by atoms with van der Waals surface area (Å²) in [4.78, 5) is 9.14. The second kappa shape index (κ2) is 4.75. The van der Waals surface area contributed by atoms with Crippen molar-refractivity contribution in [3.05, 3.63) is 35.0 Å². The summed E-state index contributed by atoms with van der Waals surface area (Å²) in [6.45, 7) is 0. The first-order chi connectivity index (χ1) is 10.2. The van der Waals surface area contributed by atoms with E-state index in [1.165, 1.54) is 0 Å². The first-order valence-electron chi connectivity index (χ1n) is 5.89. The molecule has 100 valence electrons. The highest BCUT2D eigenvalue weighted by atomic mass is 32.1. The normalized spacial score (nSPS) is 10.2. The molecule has 0 radical (unpaired) electrons. The van der Waals surface area contributed by atoms with Crippen LogP contribution in [0.5, 0.6) is 0 Å². The van der Waals surface area contributed by atoms with Gasteiger partial charge in [0, 0.05) is 28.9 Å². The highest BCUT2D eigenvalue weighted by Crippen LogP contribution is 2.41. The van der Waals surface area contributed by atoms with Gasteiger partial charge in [0.05, 0.1) is 5.69 Å². The second-order valence-electron chi connectivity index (χ2n) is 4.24. The van der Waals surface area contributed by atoms with Crippen molar-refractivity contribution in [1.82, 2.24) is 9.97 Å². The first-order valence-corrected chi connectivity index (χ1v) is 6.71. The van der Waals surface area contributed by atoms with E-state index in [-0.39, 0.29) is 11.4 Å². The predicted molar refractivity (Wildman–Crippen MR) is 81.1 cm³/mol. The predicted octanol–water partition coefficient (Wildman–Crippen LogP) is 2.27. The van der Waals surface area contributed by atoms with Gasteiger partial charge in [-0.2, -0.15) is 10.5 Å². The highest BCUT2D eigenvalue weighted by Gasteiger charge is 2.21. The summed E-state index contributed by atoms with van der Waals surface area (Å²) in [5.41, 5.74) is 13.7. The van der Waals surface area contributed by atoms with E-state index in [9.17, 15) is 5.26 Å². The summed E-state index contributed by atoms with van der Waals surface area (Å²) in [6, 6.07) is 7.66. The quantitative estimate of drug-likeness (QED) is 0.708. The van der Waals surface area contributed by atoms with Crippen LogP contribution in [0.1, 0.15) is 10.4 Å². The lowest BCUT2D eigenvalue weighted by atomic mass is 9.99. The van der Waals surface area contributed by atoms with Crippen molar-refractivity contribution in [2.24, 2.45) is 0 Å². The minimum absolute atomic E-state index is 0.120. The van der Waals surface area contributed by atoms with Gasteiger partial charge in [0.25, 0.3) is 0 Å². The molecule has 0 aliphatic carbocycles. The SMILES string of the molecule is N#Cc1sc2nc(N)c(C#N)c(-c3cccnc3)c2c1N. The Morgan fingerprint density at radius 1 is 1.19 bits per heavy atom. The van der Waals surface area contributed by atoms with E-state index in [1.54, 1.807) is 18.5 Å². The molecule has 7 heteroatoms. The Morgan fingerprint density at radius 3 is 2.62 bits per heavy atom. The lowest BCUT2D eigenvalue weighted by Crippen LogP contribution is -1.99. The van der Waals surface area contributed by atoms with Crippen molar-refractivity contribution in [2.45, 2.75) is 0 Å². The molecular formula is C14H8N6S. The minimum atomic E-state index is 0.120. The Hall–Kier alpha value is -3.16. The van der Waals surface area contributed by atoms with Crippen LogP contribution in [-0.2, 0) is 0 Å². The van der Waals surface area contributed by atoms with Crippen LogP contribution in [0.4, 0.5) is 11.5 Å². The molecule has 0 atom stereocenters. The molecule has 3 aromatic rings. The third-order valence-corrected chi connectivity index (χ3v) is 4.07. The molecule has 0 spiro atoms. The fourth-order valence-corrected chi connectivity index (χ4v) is 3.07. The largest absolute Gasteiger partial charge is 0.396 e. The van der Waals surface area contributed by atoms with E-state index in [0.717, 1.165) is 11.3 Å². The number of thiophene rings is 1. The van der Waals surface area contributed by atoms with Gasteiger partial charge < -0.3 is 11.5 Å². The number of hydrogen-bond acceptors (Lipinski definition) is 7. The molecule has 0 aliphatic rings. The summed E-state index contributed by atoms with van der Waals surface area (Å²) >= 11 is 1.16. The monoisotopic (exact) mass is 292 g/mol. The van der Waals surface area contributed by atoms with Gasteiger partial charge in [-0.15, -0.1) is 11.3 Å². The van der Waals surface area contributed by atoms with Crippen LogP contribution in [0.25, 0.3) is 21.3 Å². The van der Waals surface area contributed by atoms with Crippen molar-refractivity contribution < 1.29 is 0 Å². The van der Waals surface area contributed by atoms with Crippen LogP contribution in [0.3, 0.4) is 0 Å². The van der Waals surface area contributed by atoms with E-state index >= 15 is 0 Å². The van der Waals surface area contributed by atoms with Crippen LogP contribution in [0, 0.1) is 22.7 Å². The number of aromatic nitrogens is 2. The number of nitrogens with two attached hydrogens (primary N) is 2. The van der Waals surface area contributed by atoms with Gasteiger partial charge in [0.15, 0.2) is 0 Å². The van der Waals surface area contributed by atoms with Crippen molar-refractivity contribution >= 4 is 33.1 Å². The molecular weight excluding hydrogens is 284 g/mol. The molecule has 3 heterocycles. The lowest BCUT2D eigenvalue weighted by molar-refractivity contribution is 1.32. The Balaban J connectivity index is 2.54. The molecule has 0 fully saturated rings. The Labute approximate surface area is 123 Å². The zero-order valence-electron chi connectivity index (χ0n) is 10.7. The molecule has 6 nitrogen and oxygen atoms in total. The maximum absolute atomic E-state index is 9.38. The van der Waals surface area contributed by atoms with Crippen molar-refractivity contribution in [1.29, 1.82) is 10.5 Å². The average molecular weight is 292 g/mol.